The van der Waals surface area contributed by atoms with Crippen LogP contribution in [0, 0.1) is 41.5 Å². The van der Waals surface area contributed by atoms with Gasteiger partial charge in [-0.15, -0.1) is 0 Å². The molecule has 0 saturated heterocycles. The van der Waals surface area contributed by atoms with Crippen molar-refractivity contribution in [3.63, 3.8) is 0 Å². The quantitative estimate of drug-likeness (QED) is 0.0698. The van der Waals surface area contributed by atoms with Gasteiger partial charge in [0.05, 0.1) is 67.2 Å². The first-order valence-corrected chi connectivity index (χ1v) is 39.3. The molecule has 27 heteroatoms. The van der Waals surface area contributed by atoms with Gasteiger partial charge in [-0.2, -0.15) is 10.2 Å². The molecule has 3 amide bonds. The van der Waals surface area contributed by atoms with E-state index < -0.39 is 27.8 Å². The highest BCUT2D eigenvalue weighted by Crippen LogP contribution is 2.39. The zero-order valence-corrected chi connectivity index (χ0v) is 65.7. The molecule has 0 radical (unpaired) electrons. The van der Waals surface area contributed by atoms with Crippen LogP contribution in [-0.2, 0) is 15.6 Å². The van der Waals surface area contributed by atoms with E-state index in [1.165, 1.54) is 0 Å². The van der Waals surface area contributed by atoms with E-state index in [-0.39, 0.29) is 63.5 Å². The van der Waals surface area contributed by atoms with Crippen molar-refractivity contribution in [3.8, 4) is 33.8 Å². The number of halogens is 2. The van der Waals surface area contributed by atoms with Crippen molar-refractivity contribution in [2.45, 2.75) is 105 Å². The monoisotopic (exact) mass is 1560 g/mol. The molecule has 9 aromatic heterocycles. The van der Waals surface area contributed by atoms with Crippen LogP contribution < -0.4 is 38.4 Å². The van der Waals surface area contributed by atoms with Crippen molar-refractivity contribution in [1.82, 2.24) is 73.8 Å². The fourth-order valence-corrected chi connectivity index (χ4v) is 15.8. The third-order valence-corrected chi connectivity index (χ3v) is 21.2. The second kappa shape index (κ2) is 31.5. The number of carbonyl (C=O) groups is 3. The predicted octanol–water partition coefficient (Wildman–Crippen LogP) is 14.7. The number of sulfone groups is 1. The number of para-hydroxylation sites is 2. The largest absolute Gasteiger partial charge is 0.382 e. The smallest absolute Gasteiger partial charge is 0.272 e. The van der Waals surface area contributed by atoms with Crippen LogP contribution >= 0.6 is 23.2 Å². The van der Waals surface area contributed by atoms with Crippen molar-refractivity contribution in [2.75, 3.05) is 12.0 Å². The summed E-state index contributed by atoms with van der Waals surface area (Å²) in [6.45, 7) is 16.5. The number of nitrogens with zero attached hydrogens (tertiary/aromatic N) is 12. The van der Waals surface area contributed by atoms with Gasteiger partial charge >= 0.3 is 0 Å². The van der Waals surface area contributed by atoms with Crippen LogP contribution in [0.5, 0.6) is 0 Å². The lowest BCUT2D eigenvalue weighted by Crippen LogP contribution is -2.33. The zero-order chi connectivity index (χ0) is 80.0. The Morgan fingerprint density at radius 1 is 0.522 bits per heavy atom. The maximum Gasteiger partial charge on any atom is 0.272 e. The first kappa shape index (κ1) is 76.9. The van der Waals surface area contributed by atoms with Gasteiger partial charge < -0.3 is 26.3 Å². The average molecular weight is 1570 g/mol. The van der Waals surface area contributed by atoms with E-state index in [0.29, 0.717) is 110 Å². The zero-order valence-electron chi connectivity index (χ0n) is 63.4. The number of amides is 3. The molecule has 113 heavy (non-hydrogen) atoms. The lowest BCUT2D eigenvalue weighted by atomic mass is 9.98. The highest BCUT2D eigenvalue weighted by atomic mass is 35.5. The molecule has 9 heterocycles. The number of hydrogen-bond acceptors (Lipinski definition) is 16. The molecule has 3 atom stereocenters. The van der Waals surface area contributed by atoms with Gasteiger partial charge in [0.1, 0.15) is 28.3 Å². The Balaban J connectivity index is 0.000000141. The van der Waals surface area contributed by atoms with Crippen LogP contribution in [-0.4, -0.2) is 90.2 Å². The lowest BCUT2D eigenvalue weighted by Gasteiger charge is -2.21. The standard InChI is InChI=1S/C31H28ClN5O4S.C28H26N6O2.C27H24ClN5O2/c1-18(25-16-21-10-8-14-24(32)26(21)31(39)37(25)23-12-5-4-6-13-23)35-30(38)27-19(2)34-29(33)28(36-27)22-11-7-9-20(15-22)17-42(3,40)41;1-16-14-19(10-12-29-16)22-7-4-6-20-15-23(34(21-8-9-21)28(36)25(20)22)17(2)31-27(35)24-18(3)32-33-13-5-11-30-26(24)33;1-15-13-16(2)33-25(29-15)23(18(4)31-33)26(34)30-17(3)22-14-19-9-8-12-21(28)24(19)27(35)32(22)20-10-6-5-7-11-20/h4-16,18H,17H2,1-3H3,(H2,33,34)(H,35,38);4-7,10-15,17,21H,8-9H2,1-3H3,(H,31,35);5-14,17H,1-4H3,(H,30,34)/t18-;2*17-/m000/s1. The summed E-state index contributed by atoms with van der Waals surface area (Å²) in [4.78, 5) is 104. The minimum Gasteiger partial charge on any atom is -0.382 e. The van der Waals surface area contributed by atoms with E-state index in [9.17, 15) is 37.2 Å². The molecule has 570 valence electrons. The summed E-state index contributed by atoms with van der Waals surface area (Å²) >= 11 is 12.8. The molecule has 0 spiro atoms. The van der Waals surface area contributed by atoms with E-state index in [2.05, 4.69) is 51.1 Å². The topological polar surface area (TPSA) is 313 Å². The van der Waals surface area contributed by atoms with E-state index in [1.54, 1.807) is 119 Å². The van der Waals surface area contributed by atoms with Crippen LogP contribution in [0.3, 0.4) is 0 Å². The van der Waals surface area contributed by atoms with Crippen LogP contribution in [0.15, 0.2) is 215 Å². The summed E-state index contributed by atoms with van der Waals surface area (Å²) in [6, 6.07) is 53.8. The summed E-state index contributed by atoms with van der Waals surface area (Å²) < 4.78 is 31.9. The van der Waals surface area contributed by atoms with Gasteiger partial charge in [-0.1, -0.05) is 120 Å². The Labute approximate surface area is 658 Å². The number of fused-ring (bicyclic) bond motifs is 5. The van der Waals surface area contributed by atoms with Gasteiger partial charge in [0.15, 0.2) is 21.1 Å². The SMILES string of the molecule is Cc1cc(-c2cccc3cc([C@H](C)NC(=O)c4c(C)nn5cccnc45)n(C4CC4)c(=O)c23)ccn1.Cc1cc(C)n2nc(C)c(C(=O)N[C@@H](C)c3cc4cccc(Cl)c4c(=O)n3-c3ccccc3)c2n1.Cc1nc(N)c(-c2cccc(CS(C)(=O)=O)c2)nc1C(=O)N[C@@H](C)c1cc2cccc(Cl)c2c(=O)n1-c1ccccc1. The summed E-state index contributed by atoms with van der Waals surface area (Å²) in [5.41, 5.74) is 18.2. The number of nitrogens with two attached hydrogens (primary N) is 1. The maximum absolute atomic E-state index is 14.0. The first-order chi connectivity index (χ1) is 54.1. The molecule has 15 aromatic rings. The second-order valence-electron chi connectivity index (χ2n) is 28.3. The molecule has 0 unspecified atom stereocenters. The number of benzene rings is 6. The minimum atomic E-state index is -3.26. The molecule has 1 aliphatic rings. The van der Waals surface area contributed by atoms with Gasteiger partial charge in [0, 0.05) is 82.0 Å². The Bertz CT molecular complexity index is 6660. The van der Waals surface area contributed by atoms with E-state index in [1.807, 2.05) is 167 Å². The molecule has 16 rings (SSSR count). The van der Waals surface area contributed by atoms with E-state index in [0.717, 1.165) is 58.4 Å². The first-order valence-electron chi connectivity index (χ1n) is 36.5. The predicted molar refractivity (Wildman–Crippen MR) is 441 cm³/mol. The van der Waals surface area contributed by atoms with Crippen LogP contribution in [0.1, 0.15) is 146 Å². The van der Waals surface area contributed by atoms with Crippen LogP contribution in [0.25, 0.3) is 77.4 Å². The van der Waals surface area contributed by atoms with Gasteiger partial charge in [0.2, 0.25) is 0 Å². The van der Waals surface area contributed by atoms with Gasteiger partial charge in [-0.25, -0.2) is 37.4 Å². The number of nitrogens with one attached hydrogen (secondary N) is 3. The Hall–Kier alpha value is -12.8. The van der Waals surface area contributed by atoms with Crippen molar-refractivity contribution < 1.29 is 22.8 Å². The number of pyridine rings is 4. The van der Waals surface area contributed by atoms with Crippen LogP contribution in [0.4, 0.5) is 5.82 Å². The number of carbonyl (C=O) groups excluding carboxylic acids is 3. The second-order valence-corrected chi connectivity index (χ2v) is 31.2. The molecule has 5 N–H and O–H groups in total. The highest BCUT2D eigenvalue weighted by molar-refractivity contribution is 7.89. The Morgan fingerprint density at radius 3 is 1.65 bits per heavy atom. The van der Waals surface area contributed by atoms with Crippen molar-refractivity contribution in [3.05, 3.63) is 315 Å². The fourth-order valence-electron chi connectivity index (χ4n) is 14.5. The Morgan fingerprint density at radius 2 is 1.06 bits per heavy atom. The molecule has 1 aliphatic carbocycles. The number of anilines is 1. The summed E-state index contributed by atoms with van der Waals surface area (Å²) in [7, 11) is -3.26. The number of hydrogen-bond donors (Lipinski definition) is 4. The molecule has 24 nitrogen and oxygen atoms in total. The number of aryl methyl sites for hydroxylation is 6. The molecule has 0 aliphatic heterocycles. The number of nitrogen functional groups attached to an aromatic ring is 1. The number of rotatable bonds is 16. The molecule has 1 saturated carbocycles. The normalized spacial score (nSPS) is 12.9. The maximum atomic E-state index is 14.0. The van der Waals surface area contributed by atoms with Crippen molar-refractivity contribution in [1.29, 1.82) is 0 Å². The van der Waals surface area contributed by atoms with Gasteiger partial charge in [0.25, 0.3) is 34.4 Å². The van der Waals surface area contributed by atoms with E-state index >= 15 is 0 Å². The third-order valence-electron chi connectivity index (χ3n) is 19.7. The van der Waals surface area contributed by atoms with Crippen molar-refractivity contribution in [2.24, 2.45) is 0 Å². The third kappa shape index (κ3) is 15.7. The van der Waals surface area contributed by atoms with Crippen LogP contribution in [0.2, 0.25) is 10.0 Å². The molecule has 1 fully saturated rings. The van der Waals surface area contributed by atoms with Gasteiger partial charge in [-0.3, -0.25) is 42.9 Å². The molecule has 6 aromatic carbocycles. The average Bonchev–Trinajstić information content (AvgIpc) is 1.73. The number of aromatic nitrogens is 12. The fraction of sp³-hybridized carbons (Fsp3) is 0.198. The summed E-state index contributed by atoms with van der Waals surface area (Å²) in [5.74, 6) is -1.12. The molecule has 0 bridgehead atoms. The molecular formula is C86H78Cl2N16O8S. The highest BCUT2D eigenvalue weighted by Gasteiger charge is 2.32. The summed E-state index contributed by atoms with van der Waals surface area (Å²) in [5, 5.41) is 22.5. The van der Waals surface area contributed by atoms with Crippen molar-refractivity contribution >= 4 is 100 Å². The molecular weight excluding hydrogens is 1490 g/mol. The van der Waals surface area contributed by atoms with E-state index in [4.69, 9.17) is 28.9 Å². The van der Waals surface area contributed by atoms with Gasteiger partial charge in [-0.05, 0) is 193 Å². The minimum absolute atomic E-state index is 0.0232. The lowest BCUT2D eigenvalue weighted by molar-refractivity contribution is 0.0926. The summed E-state index contributed by atoms with van der Waals surface area (Å²) in [6.07, 6.45) is 8.24. The Kier molecular flexibility index (Phi) is 21.4.